The average Bonchev–Trinajstić information content (AvgIpc) is 3.88. The number of hydrogen-bond acceptors (Lipinski definition) is 4. The minimum atomic E-state index is -0.174. The van der Waals surface area contributed by atoms with Crippen LogP contribution in [-0.4, -0.2) is 16.4 Å². The molecular formula is C54H35BN4O. The highest BCUT2D eigenvalue weighted by Gasteiger charge is 2.45. The molecule has 0 saturated heterocycles. The van der Waals surface area contributed by atoms with Gasteiger partial charge in [-0.25, -0.2) is 4.98 Å². The van der Waals surface area contributed by atoms with Gasteiger partial charge >= 0.3 is 6.85 Å². The van der Waals surface area contributed by atoms with E-state index in [1.54, 1.807) is 0 Å². The molecule has 0 N–H and O–H groups in total. The first-order valence-electron chi connectivity index (χ1n) is 20.6. The molecule has 6 heteroatoms. The molecule has 60 heavy (non-hydrogen) atoms. The molecule has 9 aromatic carbocycles. The number of hydrogen-bond donors (Lipinski definition) is 0. The molecular weight excluding hydrogens is 731 g/mol. The van der Waals surface area contributed by atoms with Crippen molar-refractivity contribution in [2.24, 2.45) is 0 Å². The van der Waals surface area contributed by atoms with E-state index in [1.165, 1.54) is 60.4 Å². The van der Waals surface area contributed by atoms with Crippen molar-refractivity contribution in [3.63, 3.8) is 0 Å². The van der Waals surface area contributed by atoms with Crippen molar-refractivity contribution >= 4 is 89.9 Å². The maximum atomic E-state index is 6.68. The highest BCUT2D eigenvalue weighted by Crippen LogP contribution is 2.51. The molecule has 0 amide bonds. The first kappa shape index (κ1) is 33.2. The number of nitrogens with zero attached hydrogens (tertiary/aromatic N) is 4. The van der Waals surface area contributed by atoms with Gasteiger partial charge in [-0.2, -0.15) is 0 Å². The maximum Gasteiger partial charge on any atom is 0.333 e. The normalized spacial score (nSPS) is 12.7. The number of aromatic nitrogens is 2. The molecule has 0 bridgehead atoms. The molecule has 0 atom stereocenters. The molecule has 0 unspecified atom stereocenters. The van der Waals surface area contributed by atoms with Crippen LogP contribution in [0.4, 0.5) is 28.4 Å². The fourth-order valence-corrected chi connectivity index (χ4v) is 9.97. The monoisotopic (exact) mass is 766 g/mol. The van der Waals surface area contributed by atoms with Crippen LogP contribution in [0.5, 0.6) is 0 Å². The summed E-state index contributed by atoms with van der Waals surface area (Å²) >= 11 is 0. The molecule has 280 valence electrons. The van der Waals surface area contributed by atoms with E-state index in [4.69, 9.17) is 9.40 Å². The zero-order valence-electron chi connectivity index (χ0n) is 32.7. The van der Waals surface area contributed by atoms with Crippen LogP contribution < -0.4 is 20.6 Å². The fraction of sp³-hybridized carbons (Fsp3) is 0.0185. The first-order valence-corrected chi connectivity index (χ1v) is 20.6. The second-order valence-electron chi connectivity index (χ2n) is 16.0. The molecule has 2 aliphatic heterocycles. The summed E-state index contributed by atoms with van der Waals surface area (Å²) in [5, 5.41) is 4.83. The van der Waals surface area contributed by atoms with Gasteiger partial charge < -0.3 is 18.7 Å². The second-order valence-corrected chi connectivity index (χ2v) is 16.0. The summed E-state index contributed by atoms with van der Waals surface area (Å²) in [5.74, 6) is 0.618. The fourth-order valence-electron chi connectivity index (χ4n) is 9.97. The Morgan fingerprint density at radius 2 is 1.23 bits per heavy atom. The summed E-state index contributed by atoms with van der Waals surface area (Å²) in [7, 11) is 0. The number of anilines is 5. The highest BCUT2D eigenvalue weighted by atomic mass is 16.3. The molecule has 0 aliphatic carbocycles. The van der Waals surface area contributed by atoms with E-state index >= 15 is 0 Å². The molecule has 13 rings (SSSR count). The third-order valence-corrected chi connectivity index (χ3v) is 12.6. The second kappa shape index (κ2) is 12.6. The number of rotatable bonds is 5. The summed E-state index contributed by atoms with van der Waals surface area (Å²) in [6.45, 7) is 1.98. The first-order chi connectivity index (χ1) is 29.7. The predicted molar refractivity (Wildman–Crippen MR) is 250 cm³/mol. The van der Waals surface area contributed by atoms with Gasteiger partial charge in [0.15, 0.2) is 5.58 Å². The average molecular weight is 767 g/mol. The molecule has 4 heterocycles. The summed E-state index contributed by atoms with van der Waals surface area (Å²) < 4.78 is 9.22. The zero-order chi connectivity index (χ0) is 39.5. The topological polar surface area (TPSA) is 37.4 Å². The Morgan fingerprint density at radius 3 is 1.97 bits per heavy atom. The summed E-state index contributed by atoms with van der Waals surface area (Å²) in [6.07, 6.45) is 0. The molecule has 0 fully saturated rings. The van der Waals surface area contributed by atoms with Crippen LogP contribution >= 0.6 is 0 Å². The Kier molecular flexibility index (Phi) is 6.96. The largest absolute Gasteiger partial charge is 0.436 e. The Morgan fingerprint density at radius 1 is 0.583 bits per heavy atom. The molecule has 11 aromatic rings. The minimum Gasteiger partial charge on any atom is -0.436 e. The van der Waals surface area contributed by atoms with Crippen LogP contribution in [0.3, 0.4) is 0 Å². The van der Waals surface area contributed by atoms with E-state index < -0.39 is 0 Å². The van der Waals surface area contributed by atoms with Crippen LogP contribution in [0.25, 0.3) is 71.9 Å². The van der Waals surface area contributed by atoms with Gasteiger partial charge in [-0.3, -0.25) is 0 Å². The van der Waals surface area contributed by atoms with Gasteiger partial charge in [0.25, 0.3) is 0 Å². The number of oxazole rings is 1. The number of para-hydroxylation sites is 3. The number of fused-ring (bicyclic) bond motifs is 10. The van der Waals surface area contributed by atoms with Crippen LogP contribution in [-0.2, 0) is 0 Å². The van der Waals surface area contributed by atoms with Gasteiger partial charge in [-0.05, 0) is 119 Å². The number of benzene rings is 9. The smallest absolute Gasteiger partial charge is 0.333 e. The van der Waals surface area contributed by atoms with E-state index in [-0.39, 0.29) is 6.85 Å². The van der Waals surface area contributed by atoms with E-state index in [2.05, 4.69) is 197 Å². The van der Waals surface area contributed by atoms with Crippen molar-refractivity contribution in [1.82, 2.24) is 9.55 Å². The third kappa shape index (κ3) is 4.73. The Bertz CT molecular complexity index is 3470. The van der Waals surface area contributed by atoms with Crippen LogP contribution in [0.1, 0.15) is 5.56 Å². The van der Waals surface area contributed by atoms with E-state index in [0.29, 0.717) is 5.89 Å². The van der Waals surface area contributed by atoms with E-state index in [0.717, 1.165) is 50.6 Å². The number of aryl methyl sites for hydroxylation is 1. The maximum absolute atomic E-state index is 6.68. The summed E-state index contributed by atoms with van der Waals surface area (Å²) in [4.78, 5) is 10.2. The standard InChI is InChI=1S/C54H35BN4O/c1-34-25-27-40(28-26-34)59-46-24-14-13-23-41(46)42-31-49(57(38-19-7-3-8-20-38)39-21-9-4-10-22-39)51-43-29-36-17-11-12-18-37(36)30-47(43)58-48-33-45-50(32-44(48)55(59)52(42)53(51)58)60-54(56-45)35-15-5-2-6-16-35/h2-33H,1H3. The lowest BCUT2D eigenvalue weighted by Crippen LogP contribution is -2.60. The molecule has 0 radical (unpaired) electrons. The van der Waals surface area contributed by atoms with Gasteiger partial charge in [0.1, 0.15) is 5.52 Å². The molecule has 0 spiro atoms. The SMILES string of the molecule is Cc1ccc(N2B3c4cc5oc(-c6ccccc6)nc5cc4-n4c5cc6ccccc6cc5c5c(N(c6ccccc6)c6ccccc6)cc(c3c54)-c3ccccc32)cc1. The zero-order valence-corrected chi connectivity index (χ0v) is 32.7. The Labute approximate surface area is 347 Å². The summed E-state index contributed by atoms with van der Waals surface area (Å²) in [6, 6.07) is 70.3. The van der Waals surface area contributed by atoms with Crippen LogP contribution in [0.15, 0.2) is 199 Å². The molecule has 0 saturated carbocycles. The van der Waals surface area contributed by atoms with Crippen LogP contribution in [0, 0.1) is 6.92 Å². The van der Waals surface area contributed by atoms with Crippen molar-refractivity contribution in [2.45, 2.75) is 6.92 Å². The van der Waals surface area contributed by atoms with Crippen molar-refractivity contribution in [2.75, 3.05) is 9.71 Å². The van der Waals surface area contributed by atoms with Crippen molar-refractivity contribution in [1.29, 1.82) is 0 Å². The van der Waals surface area contributed by atoms with Gasteiger partial charge in [-0.15, -0.1) is 0 Å². The minimum absolute atomic E-state index is 0.174. The quantitative estimate of drug-likeness (QED) is 0.164. The van der Waals surface area contributed by atoms with E-state index in [1.807, 2.05) is 18.2 Å². The Hall–Kier alpha value is -7.83. The lowest BCUT2D eigenvalue weighted by Gasteiger charge is -2.42. The lowest BCUT2D eigenvalue weighted by molar-refractivity contribution is 0.620. The van der Waals surface area contributed by atoms with Gasteiger partial charge in [0, 0.05) is 50.3 Å². The van der Waals surface area contributed by atoms with E-state index in [9.17, 15) is 0 Å². The van der Waals surface area contributed by atoms with Gasteiger partial charge in [0.05, 0.1) is 16.7 Å². The molecule has 5 nitrogen and oxygen atoms in total. The highest BCUT2D eigenvalue weighted by molar-refractivity contribution is 6.94. The Balaban J connectivity index is 1.24. The molecule has 2 aromatic heterocycles. The van der Waals surface area contributed by atoms with Crippen molar-refractivity contribution < 1.29 is 4.42 Å². The molecule has 2 aliphatic rings. The van der Waals surface area contributed by atoms with Crippen molar-refractivity contribution in [3.8, 4) is 28.3 Å². The van der Waals surface area contributed by atoms with Crippen molar-refractivity contribution in [3.05, 3.63) is 200 Å². The van der Waals surface area contributed by atoms with Gasteiger partial charge in [-0.1, -0.05) is 115 Å². The summed E-state index contributed by atoms with van der Waals surface area (Å²) in [5.41, 5.74) is 17.8. The third-order valence-electron chi connectivity index (χ3n) is 12.6. The predicted octanol–water partition coefficient (Wildman–Crippen LogP) is 12.8. The van der Waals surface area contributed by atoms with Crippen LogP contribution in [0.2, 0.25) is 0 Å². The van der Waals surface area contributed by atoms with Gasteiger partial charge in [0.2, 0.25) is 5.89 Å². The lowest BCUT2D eigenvalue weighted by atomic mass is 9.44.